The van der Waals surface area contributed by atoms with Crippen LogP contribution in [0.3, 0.4) is 0 Å². The first-order chi connectivity index (χ1) is 14.7. The molecule has 3 heterocycles. The van der Waals surface area contributed by atoms with Crippen LogP contribution in [0.5, 0.6) is 0 Å². The number of nitrogens with one attached hydrogen (secondary N) is 2. The zero-order chi connectivity index (χ0) is 20.5. The summed E-state index contributed by atoms with van der Waals surface area (Å²) in [4.78, 5) is 12.4. The number of H-pyrrole nitrogens is 1. The average Bonchev–Trinajstić information content (AvgIpc) is 3.32. The molecule has 0 unspecified atom stereocenters. The number of rotatable bonds is 5. The molecule has 6 nitrogen and oxygen atoms in total. The summed E-state index contributed by atoms with van der Waals surface area (Å²) in [7, 11) is 0. The van der Waals surface area contributed by atoms with Gasteiger partial charge in [0.05, 0.1) is 23.2 Å². The van der Waals surface area contributed by atoms with Crippen LogP contribution in [-0.2, 0) is 6.42 Å². The Bertz CT molecular complexity index is 1100. The molecule has 6 heteroatoms. The molecule has 1 saturated heterocycles. The zero-order valence-electron chi connectivity index (χ0n) is 17.1. The predicted molar refractivity (Wildman–Crippen MR) is 121 cm³/mol. The Labute approximate surface area is 176 Å². The molecule has 0 radical (unpaired) electrons. The molecule has 154 valence electrons. The molecule has 3 N–H and O–H groups in total. The summed E-state index contributed by atoms with van der Waals surface area (Å²) in [5.41, 5.74) is 4.76. The number of aromatic amines is 1. The number of anilines is 1. The molecule has 0 amide bonds. The maximum Gasteiger partial charge on any atom is 0.145 e. The third kappa shape index (κ3) is 3.54. The molecule has 3 aromatic rings. The number of hydrogen-bond acceptors (Lipinski definition) is 4. The lowest BCUT2D eigenvalue weighted by Crippen LogP contribution is -2.29. The molecule has 0 aliphatic carbocycles. The van der Waals surface area contributed by atoms with Crippen molar-refractivity contribution in [2.45, 2.75) is 25.7 Å². The normalized spacial score (nSPS) is 17.4. The average molecular weight is 402 g/mol. The first-order valence-electron chi connectivity index (χ1n) is 10.7. The van der Waals surface area contributed by atoms with Gasteiger partial charge in [-0.25, -0.2) is 4.98 Å². The minimum Gasteiger partial charge on any atom is -0.510 e. The first-order valence-corrected chi connectivity index (χ1v) is 10.7. The van der Waals surface area contributed by atoms with Gasteiger partial charge >= 0.3 is 0 Å². The lowest BCUT2D eigenvalue weighted by Gasteiger charge is -2.28. The zero-order valence-corrected chi connectivity index (χ0v) is 17.1. The van der Waals surface area contributed by atoms with Crippen molar-refractivity contribution in [3.63, 3.8) is 0 Å². The third-order valence-corrected chi connectivity index (χ3v) is 6.12. The molecule has 0 bridgehead atoms. The number of hydrogen-bond donors (Lipinski definition) is 3. The maximum absolute atomic E-state index is 10.6. The van der Waals surface area contributed by atoms with Gasteiger partial charge in [-0.1, -0.05) is 30.3 Å². The van der Waals surface area contributed by atoms with E-state index in [9.17, 15) is 5.11 Å². The molecule has 1 aromatic heterocycles. The van der Waals surface area contributed by atoms with Crippen LogP contribution in [-0.4, -0.2) is 52.0 Å². The number of amidine groups is 1. The fourth-order valence-corrected chi connectivity index (χ4v) is 4.45. The van der Waals surface area contributed by atoms with Crippen molar-refractivity contribution in [2.75, 3.05) is 31.1 Å². The second-order valence-electron chi connectivity index (χ2n) is 8.16. The Balaban J connectivity index is 1.35. The molecule has 30 heavy (non-hydrogen) atoms. The van der Waals surface area contributed by atoms with Gasteiger partial charge in [0.2, 0.25) is 0 Å². The highest BCUT2D eigenvalue weighted by Crippen LogP contribution is 2.29. The Morgan fingerprint density at radius 2 is 1.83 bits per heavy atom. The highest BCUT2D eigenvalue weighted by atomic mass is 16.3. The Morgan fingerprint density at radius 1 is 1.03 bits per heavy atom. The van der Waals surface area contributed by atoms with E-state index in [4.69, 9.17) is 5.41 Å². The smallest absolute Gasteiger partial charge is 0.145 e. The summed E-state index contributed by atoms with van der Waals surface area (Å²) < 4.78 is 0. The standard InChI is InChI=1S/C24H27N5O/c25-23-22(21(30)16-29(23)14-11-17-7-3-1-4-8-17)24-26-19-10-9-18(15-20(19)27-24)28-12-5-2-6-13-28/h1,3-4,7-10,15,25,30H,2,5-6,11-14,16H2,(H,26,27). The van der Waals surface area contributed by atoms with Crippen molar-refractivity contribution < 1.29 is 5.11 Å². The Kier molecular flexibility index (Phi) is 4.91. The summed E-state index contributed by atoms with van der Waals surface area (Å²) in [6.07, 6.45) is 4.62. The van der Waals surface area contributed by atoms with Gasteiger partial charge < -0.3 is 19.9 Å². The van der Waals surface area contributed by atoms with Crippen LogP contribution >= 0.6 is 0 Å². The van der Waals surface area contributed by atoms with E-state index in [0.29, 0.717) is 30.3 Å². The summed E-state index contributed by atoms with van der Waals surface area (Å²) in [5, 5.41) is 19.2. The molecule has 0 atom stereocenters. The molecule has 2 aliphatic heterocycles. The largest absolute Gasteiger partial charge is 0.510 e. The van der Waals surface area contributed by atoms with E-state index >= 15 is 0 Å². The molecular formula is C24H27N5O. The van der Waals surface area contributed by atoms with Crippen LogP contribution in [0.4, 0.5) is 5.69 Å². The van der Waals surface area contributed by atoms with Crippen LogP contribution in [0.2, 0.25) is 0 Å². The van der Waals surface area contributed by atoms with Gasteiger partial charge in [-0.15, -0.1) is 0 Å². The van der Waals surface area contributed by atoms with Crippen LogP contribution < -0.4 is 4.90 Å². The van der Waals surface area contributed by atoms with Gasteiger partial charge in [0.1, 0.15) is 17.4 Å². The number of aromatic nitrogens is 2. The Hall–Kier alpha value is -3.28. The predicted octanol–water partition coefficient (Wildman–Crippen LogP) is 4.36. The maximum atomic E-state index is 10.6. The highest BCUT2D eigenvalue weighted by molar-refractivity contribution is 6.23. The molecule has 0 spiro atoms. The lowest BCUT2D eigenvalue weighted by molar-refractivity contribution is 0.351. The van der Waals surface area contributed by atoms with Crippen molar-refractivity contribution in [3.05, 3.63) is 65.7 Å². The van der Waals surface area contributed by atoms with Crippen molar-refractivity contribution in [1.29, 1.82) is 5.41 Å². The van der Waals surface area contributed by atoms with Crippen LogP contribution in [0, 0.1) is 5.41 Å². The van der Waals surface area contributed by atoms with E-state index in [2.05, 4.69) is 39.1 Å². The van der Waals surface area contributed by atoms with Gasteiger partial charge in [0.15, 0.2) is 0 Å². The second kappa shape index (κ2) is 7.86. The minimum absolute atomic E-state index is 0.211. The van der Waals surface area contributed by atoms with Crippen molar-refractivity contribution in [1.82, 2.24) is 14.9 Å². The number of piperidine rings is 1. The van der Waals surface area contributed by atoms with Crippen molar-refractivity contribution in [3.8, 4) is 0 Å². The van der Waals surface area contributed by atoms with E-state index in [1.165, 1.54) is 30.5 Å². The molecular weight excluding hydrogens is 374 g/mol. The second-order valence-corrected chi connectivity index (χ2v) is 8.16. The quantitative estimate of drug-likeness (QED) is 0.594. The van der Waals surface area contributed by atoms with Gasteiger partial charge in [-0.2, -0.15) is 0 Å². The molecule has 2 aliphatic rings. The van der Waals surface area contributed by atoms with E-state index in [0.717, 1.165) is 30.5 Å². The fraction of sp³-hybridized carbons (Fsp3) is 0.333. The van der Waals surface area contributed by atoms with E-state index in [1.54, 1.807) is 0 Å². The van der Waals surface area contributed by atoms with E-state index in [-0.39, 0.29) is 5.76 Å². The van der Waals surface area contributed by atoms with E-state index < -0.39 is 0 Å². The topological polar surface area (TPSA) is 79.2 Å². The highest BCUT2D eigenvalue weighted by Gasteiger charge is 2.30. The fourth-order valence-electron chi connectivity index (χ4n) is 4.45. The van der Waals surface area contributed by atoms with Crippen LogP contribution in [0.25, 0.3) is 16.6 Å². The number of imidazole rings is 1. The SMILES string of the molecule is N=C1C(c2nc3ccc(N4CCCCC4)cc3[nH]2)=C(O)CN1CCc1ccccc1. The monoisotopic (exact) mass is 401 g/mol. The van der Waals surface area contributed by atoms with Gasteiger partial charge in [0.25, 0.3) is 0 Å². The third-order valence-electron chi connectivity index (χ3n) is 6.12. The molecule has 2 aromatic carbocycles. The summed E-state index contributed by atoms with van der Waals surface area (Å²) >= 11 is 0. The Morgan fingerprint density at radius 3 is 2.63 bits per heavy atom. The summed E-state index contributed by atoms with van der Waals surface area (Å²) in [6.45, 7) is 3.24. The number of aliphatic hydroxyl groups excluding tert-OH is 1. The van der Waals surface area contributed by atoms with Crippen molar-refractivity contribution in [2.24, 2.45) is 0 Å². The van der Waals surface area contributed by atoms with Gasteiger partial charge in [-0.05, 0) is 49.4 Å². The van der Waals surface area contributed by atoms with E-state index in [1.807, 2.05) is 29.2 Å². The van der Waals surface area contributed by atoms with Gasteiger partial charge in [-0.3, -0.25) is 5.41 Å². The summed E-state index contributed by atoms with van der Waals surface area (Å²) in [6, 6.07) is 16.5. The first kappa shape index (κ1) is 18.7. The number of nitrogens with zero attached hydrogens (tertiary/aromatic N) is 3. The molecule has 0 saturated carbocycles. The van der Waals surface area contributed by atoms with Crippen LogP contribution in [0.15, 0.2) is 54.3 Å². The van der Waals surface area contributed by atoms with Gasteiger partial charge in [0, 0.05) is 25.3 Å². The summed E-state index contributed by atoms with van der Waals surface area (Å²) in [5.74, 6) is 1.12. The van der Waals surface area contributed by atoms with Crippen LogP contribution in [0.1, 0.15) is 30.7 Å². The van der Waals surface area contributed by atoms with Crippen molar-refractivity contribution >= 4 is 28.1 Å². The lowest BCUT2D eigenvalue weighted by atomic mass is 10.1. The number of aliphatic hydroxyl groups is 1. The minimum atomic E-state index is 0.211. The number of fused-ring (bicyclic) bond motifs is 1. The molecule has 1 fully saturated rings. The molecule has 5 rings (SSSR count). The number of benzene rings is 2.